The van der Waals surface area contributed by atoms with Crippen molar-refractivity contribution >= 4 is 29.2 Å². The minimum atomic E-state index is -0.520. The fourth-order valence-electron chi connectivity index (χ4n) is 1.84. The Kier molecular flexibility index (Phi) is 5.94. The number of carbonyl (C=O) groups excluding carboxylic acids is 2. The number of likely N-dealkylation sites (N-methyl/N-ethyl adjacent to an activating group) is 1. The molecule has 2 N–H and O–H groups in total. The van der Waals surface area contributed by atoms with E-state index in [0.29, 0.717) is 12.3 Å². The summed E-state index contributed by atoms with van der Waals surface area (Å²) in [5.41, 5.74) is 5.88. The fourth-order valence-corrected chi connectivity index (χ4v) is 2.60. The molecule has 23 heavy (non-hydrogen) atoms. The van der Waals surface area contributed by atoms with Gasteiger partial charge in [0.05, 0.1) is 6.54 Å². The van der Waals surface area contributed by atoms with Gasteiger partial charge in [0.25, 0.3) is 5.91 Å². The zero-order chi connectivity index (χ0) is 16.7. The summed E-state index contributed by atoms with van der Waals surface area (Å²) < 4.78 is 5.17. The third-order valence-corrected chi connectivity index (χ3v) is 3.89. The summed E-state index contributed by atoms with van der Waals surface area (Å²) in [7, 11) is 1.77. The molecule has 2 rings (SSSR count). The van der Waals surface area contributed by atoms with Crippen molar-refractivity contribution < 1.29 is 14.3 Å². The van der Waals surface area contributed by atoms with Crippen LogP contribution in [0, 0.1) is 0 Å². The average Bonchev–Trinajstić information content (AvgIpc) is 3.04. The van der Waals surface area contributed by atoms with Gasteiger partial charge in [0.1, 0.15) is 5.75 Å². The maximum absolute atomic E-state index is 12.1. The van der Waals surface area contributed by atoms with Crippen LogP contribution in [-0.2, 0) is 16.1 Å². The lowest BCUT2D eigenvalue weighted by Crippen LogP contribution is -2.23. The van der Waals surface area contributed by atoms with Crippen LogP contribution in [0.15, 0.2) is 47.9 Å². The number of hydrogen-bond acceptors (Lipinski definition) is 4. The van der Waals surface area contributed by atoms with Crippen LogP contribution in [0.3, 0.4) is 0 Å². The van der Waals surface area contributed by atoms with Crippen LogP contribution in [-0.4, -0.2) is 30.4 Å². The summed E-state index contributed by atoms with van der Waals surface area (Å²) in [4.78, 5) is 25.5. The third-order valence-electron chi connectivity index (χ3n) is 3.03. The molecule has 1 aromatic carbocycles. The number of ether oxygens (including phenoxy) is 1. The SMILES string of the molecule is CN(Cc1cccs1)C(=O)/C=C\c1ccc(OCC(N)=O)cc1. The van der Waals surface area contributed by atoms with E-state index in [2.05, 4.69) is 0 Å². The number of nitrogens with zero attached hydrogens (tertiary/aromatic N) is 1. The van der Waals surface area contributed by atoms with E-state index >= 15 is 0 Å². The van der Waals surface area contributed by atoms with Crippen molar-refractivity contribution in [2.24, 2.45) is 5.73 Å². The normalized spacial score (nSPS) is 10.7. The highest BCUT2D eigenvalue weighted by atomic mass is 32.1. The molecule has 0 aliphatic carbocycles. The van der Waals surface area contributed by atoms with Gasteiger partial charge in [0.15, 0.2) is 6.61 Å². The van der Waals surface area contributed by atoms with Gasteiger partial charge < -0.3 is 15.4 Å². The first kappa shape index (κ1) is 16.8. The highest BCUT2D eigenvalue weighted by molar-refractivity contribution is 7.09. The molecule has 0 unspecified atom stereocenters. The van der Waals surface area contributed by atoms with Crippen molar-refractivity contribution in [1.29, 1.82) is 0 Å². The molecule has 0 aliphatic rings. The number of primary amides is 1. The number of rotatable bonds is 7. The van der Waals surface area contributed by atoms with Crippen molar-refractivity contribution in [1.82, 2.24) is 4.90 Å². The predicted octanol–water partition coefficient (Wildman–Crippen LogP) is 2.28. The van der Waals surface area contributed by atoms with Crippen LogP contribution in [0.1, 0.15) is 10.4 Å². The molecule has 0 bridgehead atoms. The fraction of sp³-hybridized carbons (Fsp3) is 0.176. The second-order valence-electron chi connectivity index (χ2n) is 4.93. The summed E-state index contributed by atoms with van der Waals surface area (Å²) in [6.45, 7) is 0.446. The Morgan fingerprint density at radius 3 is 2.61 bits per heavy atom. The largest absolute Gasteiger partial charge is 0.484 e. The van der Waals surface area contributed by atoms with E-state index in [0.717, 1.165) is 10.4 Å². The van der Waals surface area contributed by atoms with Crippen LogP contribution in [0.25, 0.3) is 6.08 Å². The number of carbonyl (C=O) groups is 2. The molecule has 0 saturated heterocycles. The number of benzene rings is 1. The van der Waals surface area contributed by atoms with Crippen LogP contribution in [0.4, 0.5) is 0 Å². The zero-order valence-electron chi connectivity index (χ0n) is 12.8. The monoisotopic (exact) mass is 330 g/mol. The van der Waals surface area contributed by atoms with Gasteiger partial charge in [-0.25, -0.2) is 0 Å². The van der Waals surface area contributed by atoms with Gasteiger partial charge in [-0.1, -0.05) is 18.2 Å². The summed E-state index contributed by atoms with van der Waals surface area (Å²) >= 11 is 1.63. The summed E-state index contributed by atoms with van der Waals surface area (Å²) in [5.74, 6) is -0.0251. The van der Waals surface area contributed by atoms with Gasteiger partial charge in [0.2, 0.25) is 5.91 Å². The molecule has 0 atom stereocenters. The van der Waals surface area contributed by atoms with E-state index in [1.807, 2.05) is 17.5 Å². The van der Waals surface area contributed by atoms with E-state index < -0.39 is 5.91 Å². The van der Waals surface area contributed by atoms with Gasteiger partial charge in [-0.05, 0) is 35.2 Å². The molecule has 0 radical (unpaired) electrons. The van der Waals surface area contributed by atoms with Gasteiger partial charge in [-0.3, -0.25) is 9.59 Å². The van der Waals surface area contributed by atoms with Crippen molar-refractivity contribution in [3.63, 3.8) is 0 Å². The second-order valence-corrected chi connectivity index (χ2v) is 5.96. The Balaban J connectivity index is 1.88. The van der Waals surface area contributed by atoms with E-state index in [9.17, 15) is 9.59 Å². The number of thiophene rings is 1. The molecule has 6 heteroatoms. The Labute approximate surface area is 139 Å². The molecular formula is C17H18N2O3S. The van der Waals surface area contributed by atoms with Crippen LogP contribution in [0.5, 0.6) is 5.75 Å². The van der Waals surface area contributed by atoms with Crippen molar-refractivity contribution in [3.8, 4) is 5.75 Å². The molecule has 0 aliphatic heterocycles. The smallest absolute Gasteiger partial charge is 0.255 e. The van der Waals surface area contributed by atoms with Crippen LogP contribution < -0.4 is 10.5 Å². The quantitative estimate of drug-likeness (QED) is 0.792. The van der Waals surface area contributed by atoms with E-state index in [-0.39, 0.29) is 12.5 Å². The Morgan fingerprint density at radius 2 is 2.00 bits per heavy atom. The topological polar surface area (TPSA) is 72.6 Å². The van der Waals surface area contributed by atoms with Gasteiger partial charge in [-0.15, -0.1) is 11.3 Å². The van der Waals surface area contributed by atoms with Gasteiger partial charge in [-0.2, -0.15) is 0 Å². The maximum atomic E-state index is 12.1. The minimum absolute atomic E-state index is 0.0625. The molecule has 2 amide bonds. The van der Waals surface area contributed by atoms with Gasteiger partial charge in [0, 0.05) is 18.0 Å². The Hall–Kier alpha value is -2.60. The van der Waals surface area contributed by atoms with Crippen molar-refractivity contribution in [2.45, 2.75) is 6.54 Å². The first-order chi connectivity index (χ1) is 11.0. The van der Waals surface area contributed by atoms with E-state index in [1.165, 1.54) is 6.08 Å². The molecule has 0 saturated carbocycles. The lowest BCUT2D eigenvalue weighted by molar-refractivity contribution is -0.125. The third kappa shape index (κ3) is 5.60. The predicted molar refractivity (Wildman–Crippen MR) is 91.0 cm³/mol. The average molecular weight is 330 g/mol. The first-order valence-corrected chi connectivity index (χ1v) is 7.89. The molecule has 2 aromatic rings. The highest BCUT2D eigenvalue weighted by Crippen LogP contribution is 2.14. The molecule has 0 fully saturated rings. The second kappa shape index (κ2) is 8.14. The maximum Gasteiger partial charge on any atom is 0.255 e. The molecule has 0 spiro atoms. The zero-order valence-corrected chi connectivity index (χ0v) is 13.6. The molecule has 1 aromatic heterocycles. The lowest BCUT2D eigenvalue weighted by Gasteiger charge is -2.13. The summed E-state index contributed by atoms with van der Waals surface area (Å²) in [6.07, 6.45) is 3.28. The molecular weight excluding hydrogens is 312 g/mol. The minimum Gasteiger partial charge on any atom is -0.484 e. The number of amides is 2. The lowest BCUT2D eigenvalue weighted by atomic mass is 10.2. The van der Waals surface area contributed by atoms with Crippen LogP contribution in [0.2, 0.25) is 0 Å². The summed E-state index contributed by atoms with van der Waals surface area (Å²) in [6, 6.07) is 11.0. The summed E-state index contributed by atoms with van der Waals surface area (Å²) in [5, 5.41) is 1.99. The van der Waals surface area contributed by atoms with E-state index in [1.54, 1.807) is 53.6 Å². The molecule has 5 nitrogen and oxygen atoms in total. The first-order valence-electron chi connectivity index (χ1n) is 7.01. The van der Waals surface area contributed by atoms with Crippen molar-refractivity contribution in [2.75, 3.05) is 13.7 Å². The Bertz CT molecular complexity index is 678. The van der Waals surface area contributed by atoms with Crippen LogP contribution >= 0.6 is 11.3 Å². The van der Waals surface area contributed by atoms with E-state index in [4.69, 9.17) is 10.5 Å². The van der Waals surface area contributed by atoms with Crippen molar-refractivity contribution in [3.05, 3.63) is 58.3 Å². The number of nitrogens with two attached hydrogens (primary N) is 1. The molecule has 120 valence electrons. The number of hydrogen-bond donors (Lipinski definition) is 1. The van der Waals surface area contributed by atoms with Gasteiger partial charge >= 0.3 is 0 Å². The Morgan fingerprint density at radius 1 is 1.26 bits per heavy atom. The highest BCUT2D eigenvalue weighted by Gasteiger charge is 2.06. The standard InChI is InChI=1S/C17H18N2O3S/c1-19(11-15-3-2-10-23-15)17(21)9-6-13-4-7-14(8-5-13)22-12-16(18)20/h2-10H,11-12H2,1H3,(H2,18,20)/b9-6-. The molecule has 1 heterocycles.